The van der Waals surface area contributed by atoms with E-state index in [2.05, 4.69) is 0 Å². The summed E-state index contributed by atoms with van der Waals surface area (Å²) in [6, 6.07) is 3.74. The van der Waals surface area contributed by atoms with Gasteiger partial charge in [0, 0.05) is 37.1 Å². The van der Waals surface area contributed by atoms with Gasteiger partial charge in [0.2, 0.25) is 5.91 Å². The van der Waals surface area contributed by atoms with Crippen molar-refractivity contribution in [1.82, 2.24) is 4.90 Å². The number of hydrogen-bond acceptors (Lipinski definition) is 4. The lowest BCUT2D eigenvalue weighted by atomic mass is 10.1. The highest BCUT2D eigenvalue weighted by molar-refractivity contribution is 6.31. The third kappa shape index (κ3) is 4.00. The summed E-state index contributed by atoms with van der Waals surface area (Å²) >= 11 is 5.96. The number of rotatable bonds is 5. The summed E-state index contributed by atoms with van der Waals surface area (Å²) in [6.45, 7) is 0.320. The van der Waals surface area contributed by atoms with Crippen LogP contribution in [0.4, 0.5) is 4.39 Å². The van der Waals surface area contributed by atoms with Crippen molar-refractivity contribution in [3.05, 3.63) is 34.6 Å². The average molecular weight is 344 g/mol. The lowest BCUT2D eigenvalue weighted by Crippen LogP contribution is -2.41. The summed E-state index contributed by atoms with van der Waals surface area (Å²) in [6.07, 6.45) is 0.423. The van der Waals surface area contributed by atoms with E-state index in [0.717, 1.165) is 0 Å². The highest BCUT2D eigenvalue weighted by Crippen LogP contribution is 2.24. The van der Waals surface area contributed by atoms with Crippen LogP contribution in [-0.2, 0) is 25.5 Å². The Bertz CT molecular complexity index is 575. The Balaban J connectivity index is 2.05. The third-order valence-electron chi connectivity index (χ3n) is 4.04. The van der Waals surface area contributed by atoms with Crippen LogP contribution in [0.1, 0.15) is 18.4 Å². The molecular weight excluding hydrogens is 325 g/mol. The van der Waals surface area contributed by atoms with E-state index in [1.54, 1.807) is 6.07 Å². The first kappa shape index (κ1) is 17.7. The molecule has 0 saturated carbocycles. The zero-order chi connectivity index (χ0) is 17.0. The lowest BCUT2D eigenvalue weighted by molar-refractivity contribution is -0.150. The molecule has 1 aliphatic rings. The molecule has 1 aromatic carbocycles. The molecule has 23 heavy (non-hydrogen) atoms. The normalized spacial score (nSPS) is 20.6. The summed E-state index contributed by atoms with van der Waals surface area (Å²) in [5.41, 5.74) is 0.305. The van der Waals surface area contributed by atoms with Gasteiger partial charge < -0.3 is 14.4 Å². The summed E-state index contributed by atoms with van der Waals surface area (Å²) in [5.74, 6) is -1.16. The first-order chi connectivity index (χ1) is 11.0. The number of benzene rings is 1. The Morgan fingerprint density at radius 2 is 2.13 bits per heavy atom. The summed E-state index contributed by atoms with van der Waals surface area (Å²) < 4.78 is 23.7. The molecule has 1 aromatic rings. The van der Waals surface area contributed by atoms with Gasteiger partial charge in [-0.1, -0.05) is 17.7 Å². The molecule has 0 N–H and O–H groups in total. The molecule has 1 amide bonds. The number of halogens is 2. The van der Waals surface area contributed by atoms with E-state index < -0.39 is 17.8 Å². The van der Waals surface area contributed by atoms with Crippen molar-refractivity contribution in [2.45, 2.75) is 31.4 Å². The van der Waals surface area contributed by atoms with Crippen molar-refractivity contribution in [1.29, 1.82) is 0 Å². The number of amides is 1. The van der Waals surface area contributed by atoms with Crippen LogP contribution in [0.2, 0.25) is 5.02 Å². The molecule has 0 aromatic heterocycles. The standard InChI is InChI=1S/C16H19ClFNO4/c1-22-10-8-14(16(21)23-2)19(9-10)15(20)7-6-11-12(17)4-3-5-13(11)18/h3-5,10,14H,6-9H2,1-2H3/t10-,14-/m0/s1. The molecule has 0 unspecified atom stereocenters. The molecule has 1 saturated heterocycles. The molecule has 0 aliphatic carbocycles. The van der Waals surface area contributed by atoms with Crippen LogP contribution in [0.3, 0.4) is 0 Å². The van der Waals surface area contributed by atoms with Crippen LogP contribution < -0.4 is 0 Å². The maximum Gasteiger partial charge on any atom is 0.328 e. The van der Waals surface area contributed by atoms with Gasteiger partial charge in [-0.2, -0.15) is 0 Å². The Morgan fingerprint density at radius 1 is 1.39 bits per heavy atom. The molecule has 7 heteroatoms. The fourth-order valence-electron chi connectivity index (χ4n) is 2.75. The van der Waals surface area contributed by atoms with Crippen molar-refractivity contribution in [2.24, 2.45) is 0 Å². The van der Waals surface area contributed by atoms with E-state index in [9.17, 15) is 14.0 Å². The maximum atomic E-state index is 13.8. The number of ether oxygens (including phenoxy) is 2. The first-order valence-electron chi connectivity index (χ1n) is 7.31. The monoisotopic (exact) mass is 343 g/mol. The quantitative estimate of drug-likeness (QED) is 0.769. The number of esters is 1. The second kappa shape index (κ2) is 7.75. The smallest absolute Gasteiger partial charge is 0.328 e. The number of methoxy groups -OCH3 is 2. The van der Waals surface area contributed by atoms with Gasteiger partial charge >= 0.3 is 5.97 Å². The second-order valence-electron chi connectivity index (χ2n) is 5.38. The van der Waals surface area contributed by atoms with E-state index >= 15 is 0 Å². The van der Waals surface area contributed by atoms with Crippen molar-refractivity contribution >= 4 is 23.5 Å². The molecule has 1 fully saturated rings. The maximum absolute atomic E-state index is 13.8. The zero-order valence-corrected chi connectivity index (χ0v) is 13.8. The highest BCUT2D eigenvalue weighted by atomic mass is 35.5. The van der Waals surface area contributed by atoms with Crippen LogP contribution in [-0.4, -0.2) is 49.7 Å². The lowest BCUT2D eigenvalue weighted by Gasteiger charge is -2.22. The fraction of sp³-hybridized carbons (Fsp3) is 0.500. The minimum atomic E-state index is -0.659. The molecular formula is C16H19ClFNO4. The largest absolute Gasteiger partial charge is 0.467 e. The Kier molecular flexibility index (Phi) is 5.96. The molecule has 2 rings (SSSR count). The third-order valence-corrected chi connectivity index (χ3v) is 4.39. The minimum absolute atomic E-state index is 0.0601. The highest BCUT2D eigenvalue weighted by Gasteiger charge is 2.40. The number of carbonyl (C=O) groups is 2. The molecule has 0 bridgehead atoms. The van der Waals surface area contributed by atoms with Crippen LogP contribution in [0, 0.1) is 5.82 Å². The van der Waals surface area contributed by atoms with Crippen LogP contribution >= 0.6 is 11.6 Å². The molecule has 0 radical (unpaired) electrons. The Morgan fingerprint density at radius 3 is 2.74 bits per heavy atom. The molecule has 1 heterocycles. The predicted molar refractivity (Wildman–Crippen MR) is 82.7 cm³/mol. The summed E-state index contributed by atoms with van der Waals surface area (Å²) in [4.78, 5) is 25.7. The number of likely N-dealkylation sites (tertiary alicyclic amines) is 1. The van der Waals surface area contributed by atoms with E-state index in [4.69, 9.17) is 21.1 Å². The van der Waals surface area contributed by atoms with Gasteiger partial charge in [0.05, 0.1) is 13.2 Å². The second-order valence-corrected chi connectivity index (χ2v) is 5.79. The van der Waals surface area contributed by atoms with E-state index in [-0.39, 0.29) is 24.9 Å². The number of carbonyl (C=O) groups excluding carboxylic acids is 2. The van der Waals surface area contributed by atoms with Gasteiger partial charge in [0.15, 0.2) is 0 Å². The average Bonchev–Trinajstić information content (AvgIpc) is 2.98. The molecule has 5 nitrogen and oxygen atoms in total. The van der Waals surface area contributed by atoms with Crippen molar-refractivity contribution < 1.29 is 23.5 Å². The van der Waals surface area contributed by atoms with Crippen LogP contribution in [0.25, 0.3) is 0 Å². The van der Waals surface area contributed by atoms with E-state index in [1.165, 1.54) is 31.3 Å². The van der Waals surface area contributed by atoms with Crippen molar-refractivity contribution in [3.63, 3.8) is 0 Å². The fourth-order valence-corrected chi connectivity index (χ4v) is 3.01. The Hall–Kier alpha value is -1.66. The van der Waals surface area contributed by atoms with Crippen LogP contribution in [0.5, 0.6) is 0 Å². The Labute approximate surface area is 139 Å². The zero-order valence-electron chi connectivity index (χ0n) is 13.1. The molecule has 1 aliphatic heterocycles. The van der Waals surface area contributed by atoms with Crippen molar-refractivity contribution in [3.8, 4) is 0 Å². The predicted octanol–water partition coefficient (Wildman–Crippen LogP) is 2.20. The van der Waals surface area contributed by atoms with E-state index in [1.807, 2.05) is 0 Å². The van der Waals surface area contributed by atoms with E-state index in [0.29, 0.717) is 23.6 Å². The minimum Gasteiger partial charge on any atom is -0.467 e. The van der Waals surface area contributed by atoms with Gasteiger partial charge in [-0.3, -0.25) is 4.79 Å². The van der Waals surface area contributed by atoms with Crippen molar-refractivity contribution in [2.75, 3.05) is 20.8 Å². The van der Waals surface area contributed by atoms with Gasteiger partial charge in [-0.05, 0) is 18.6 Å². The number of nitrogens with zero attached hydrogens (tertiary/aromatic N) is 1. The first-order valence-corrected chi connectivity index (χ1v) is 7.68. The number of hydrogen-bond donors (Lipinski definition) is 0. The molecule has 2 atom stereocenters. The SMILES string of the molecule is COC(=O)[C@@H]1C[C@H](OC)CN1C(=O)CCc1c(F)cccc1Cl. The molecule has 126 valence electrons. The molecule has 0 spiro atoms. The van der Waals surface area contributed by atoms with Gasteiger partial charge in [-0.15, -0.1) is 0 Å². The van der Waals surface area contributed by atoms with Crippen LogP contribution in [0.15, 0.2) is 18.2 Å². The van der Waals surface area contributed by atoms with Gasteiger partial charge in [-0.25, -0.2) is 9.18 Å². The summed E-state index contributed by atoms with van der Waals surface area (Å²) in [5, 5.41) is 0.290. The van der Waals surface area contributed by atoms with Gasteiger partial charge in [0.25, 0.3) is 0 Å². The summed E-state index contributed by atoms with van der Waals surface area (Å²) in [7, 11) is 2.82. The van der Waals surface area contributed by atoms with Gasteiger partial charge in [0.1, 0.15) is 11.9 Å². The topological polar surface area (TPSA) is 55.8 Å².